The van der Waals surface area contributed by atoms with E-state index in [0.717, 1.165) is 11.3 Å². The minimum atomic E-state index is -0.559. The highest BCUT2D eigenvalue weighted by molar-refractivity contribution is 7.80. The fourth-order valence-electron chi connectivity index (χ4n) is 2.75. The molecule has 2 heterocycles. The summed E-state index contributed by atoms with van der Waals surface area (Å²) in [6.45, 7) is 1.63. The van der Waals surface area contributed by atoms with Gasteiger partial charge in [-0.05, 0) is 55.0 Å². The molecule has 33 heavy (non-hydrogen) atoms. The molecule has 0 spiro atoms. The molecule has 0 bridgehead atoms. The molecule has 0 atom stereocenters. The van der Waals surface area contributed by atoms with Crippen molar-refractivity contribution in [3.8, 4) is 17.4 Å². The molecule has 1 amide bonds. The molecule has 1 aromatic carbocycles. The third-order valence-electron chi connectivity index (χ3n) is 4.34. The lowest BCUT2D eigenvalue weighted by molar-refractivity contribution is -0.115. The number of thiocarbonyl (C=S) groups is 1. The van der Waals surface area contributed by atoms with Crippen LogP contribution in [0, 0.1) is 18.3 Å². The maximum Gasteiger partial charge on any atom is 0.348 e. The maximum absolute atomic E-state index is 12.2. The number of nitrogens with zero attached hydrogens (tertiary/aromatic N) is 1. The molecule has 0 unspecified atom stereocenters. The largest absolute Gasteiger partial charge is 0.465 e. The predicted molar refractivity (Wildman–Crippen MR) is 133 cm³/mol. The van der Waals surface area contributed by atoms with Crippen LogP contribution in [0.25, 0.3) is 17.4 Å². The molecule has 3 rings (SSSR count). The van der Waals surface area contributed by atoms with Crippen LogP contribution in [0.1, 0.15) is 26.6 Å². The number of anilines is 1. The van der Waals surface area contributed by atoms with Crippen LogP contribution in [0.5, 0.6) is 0 Å². The van der Waals surface area contributed by atoms with E-state index in [1.165, 1.54) is 19.3 Å². The Labute approximate surface area is 208 Å². The number of amides is 1. The summed E-state index contributed by atoms with van der Waals surface area (Å²) < 4.78 is 10.4. The van der Waals surface area contributed by atoms with E-state index in [9.17, 15) is 14.9 Å². The summed E-state index contributed by atoms with van der Waals surface area (Å²) in [6.07, 6.45) is 2.70. The Hall–Kier alpha value is -3.16. The van der Waals surface area contributed by atoms with E-state index in [1.54, 1.807) is 37.3 Å². The highest BCUT2D eigenvalue weighted by Crippen LogP contribution is 2.35. The predicted octanol–water partition coefficient (Wildman–Crippen LogP) is 5.81. The van der Waals surface area contributed by atoms with Crippen LogP contribution in [0.4, 0.5) is 5.00 Å². The molecule has 11 heteroatoms. The molecule has 0 saturated heterocycles. The van der Waals surface area contributed by atoms with Crippen molar-refractivity contribution >= 4 is 74.8 Å². The van der Waals surface area contributed by atoms with E-state index >= 15 is 0 Å². The molecule has 0 radical (unpaired) electrons. The van der Waals surface area contributed by atoms with Gasteiger partial charge in [0.15, 0.2) is 5.11 Å². The maximum atomic E-state index is 12.2. The van der Waals surface area contributed by atoms with E-state index < -0.39 is 11.9 Å². The number of thiophene rings is 1. The second kappa shape index (κ2) is 10.6. The number of benzene rings is 1. The van der Waals surface area contributed by atoms with Gasteiger partial charge in [0.1, 0.15) is 27.5 Å². The van der Waals surface area contributed by atoms with Crippen molar-refractivity contribution in [2.45, 2.75) is 6.92 Å². The number of carbonyl (C=O) groups excluding carboxylic acids is 2. The van der Waals surface area contributed by atoms with Crippen LogP contribution in [-0.4, -0.2) is 24.1 Å². The summed E-state index contributed by atoms with van der Waals surface area (Å²) in [6, 6.07) is 10.6. The summed E-state index contributed by atoms with van der Waals surface area (Å²) in [5.74, 6) is -0.167. The number of methoxy groups -OCH3 is 1. The fraction of sp³-hybridized carbons (Fsp3) is 0.0909. The number of halogens is 2. The SMILES string of the molecule is COC(=O)c1sc(NC(=S)NC(=O)C=Cc2ccc(-c3cccc(Cl)c3Cl)o2)c(C#N)c1C. The smallest absolute Gasteiger partial charge is 0.348 e. The Morgan fingerprint density at radius 2 is 2.03 bits per heavy atom. The first-order valence-electron chi connectivity index (χ1n) is 9.21. The van der Waals surface area contributed by atoms with Crippen molar-refractivity contribution in [3.05, 3.63) is 68.2 Å². The zero-order valence-corrected chi connectivity index (χ0v) is 20.3. The molecule has 7 nitrogen and oxygen atoms in total. The van der Waals surface area contributed by atoms with Crippen molar-refractivity contribution in [2.75, 3.05) is 12.4 Å². The van der Waals surface area contributed by atoms with E-state index in [0.29, 0.717) is 37.7 Å². The fourth-order valence-corrected chi connectivity index (χ4v) is 4.49. The summed E-state index contributed by atoms with van der Waals surface area (Å²) in [7, 11) is 1.25. The highest BCUT2D eigenvalue weighted by Gasteiger charge is 2.21. The molecule has 2 aromatic heterocycles. The molecule has 2 N–H and O–H groups in total. The van der Waals surface area contributed by atoms with Crippen molar-refractivity contribution in [2.24, 2.45) is 0 Å². The van der Waals surface area contributed by atoms with Gasteiger partial charge in [0.25, 0.3) is 0 Å². The lowest BCUT2D eigenvalue weighted by Crippen LogP contribution is -2.32. The summed E-state index contributed by atoms with van der Waals surface area (Å²) in [5, 5.41) is 15.7. The van der Waals surface area contributed by atoms with Crippen molar-refractivity contribution in [3.63, 3.8) is 0 Å². The molecule has 0 aliphatic carbocycles. The van der Waals surface area contributed by atoms with Gasteiger partial charge in [-0.1, -0.05) is 29.3 Å². The first kappa shape index (κ1) is 24.5. The zero-order valence-electron chi connectivity index (χ0n) is 17.2. The third-order valence-corrected chi connectivity index (χ3v) is 6.55. The minimum Gasteiger partial charge on any atom is -0.465 e. The van der Waals surface area contributed by atoms with Crippen molar-refractivity contribution in [1.82, 2.24) is 5.32 Å². The molecule has 0 fully saturated rings. The highest BCUT2D eigenvalue weighted by atomic mass is 35.5. The average Bonchev–Trinajstić information content (AvgIpc) is 3.37. The van der Waals surface area contributed by atoms with E-state index in [2.05, 4.69) is 10.6 Å². The Bertz CT molecular complexity index is 1320. The van der Waals surface area contributed by atoms with Crippen molar-refractivity contribution < 1.29 is 18.7 Å². The second-order valence-electron chi connectivity index (χ2n) is 6.44. The average molecular weight is 520 g/mol. The molecule has 168 valence electrons. The van der Waals surface area contributed by atoms with E-state index in [-0.39, 0.29) is 15.6 Å². The van der Waals surface area contributed by atoms with Crippen LogP contribution < -0.4 is 10.6 Å². The Morgan fingerprint density at radius 1 is 1.27 bits per heavy atom. The van der Waals surface area contributed by atoms with Gasteiger partial charge in [-0.2, -0.15) is 5.26 Å². The Balaban J connectivity index is 1.66. The van der Waals surface area contributed by atoms with Gasteiger partial charge in [-0.15, -0.1) is 11.3 Å². The summed E-state index contributed by atoms with van der Waals surface area (Å²) >= 11 is 18.4. The van der Waals surface area contributed by atoms with Crippen LogP contribution in [0.2, 0.25) is 10.0 Å². The second-order valence-corrected chi connectivity index (χ2v) is 8.66. The lowest BCUT2D eigenvalue weighted by atomic mass is 10.2. The van der Waals surface area contributed by atoms with Crippen molar-refractivity contribution in [1.29, 1.82) is 5.26 Å². The lowest BCUT2D eigenvalue weighted by Gasteiger charge is -2.06. The van der Waals surface area contributed by atoms with E-state index in [4.69, 9.17) is 44.6 Å². The molecular formula is C22H15Cl2N3O4S2. The molecule has 3 aromatic rings. The van der Waals surface area contributed by atoms with Crippen LogP contribution in [0.3, 0.4) is 0 Å². The van der Waals surface area contributed by atoms with E-state index in [1.807, 2.05) is 6.07 Å². The quantitative estimate of drug-likeness (QED) is 0.249. The van der Waals surface area contributed by atoms with Gasteiger partial charge in [-0.3, -0.25) is 10.1 Å². The van der Waals surface area contributed by atoms with Gasteiger partial charge >= 0.3 is 5.97 Å². The van der Waals surface area contributed by atoms with Crippen LogP contribution in [-0.2, 0) is 9.53 Å². The Kier molecular flexibility index (Phi) is 7.89. The molecule has 0 aliphatic rings. The number of rotatable bonds is 5. The standard InChI is InChI=1S/C22H15Cl2N3O4S2/c1-11-14(10-25)20(33-19(11)21(29)30-2)27-22(32)26-17(28)9-7-12-6-8-16(31-12)13-4-3-5-15(23)18(13)24/h3-9H,1-2H3,(H2,26,27,28,32). The number of nitriles is 1. The molecule has 0 aliphatic heterocycles. The van der Waals surface area contributed by atoms with Gasteiger partial charge < -0.3 is 14.5 Å². The first-order chi connectivity index (χ1) is 15.7. The molecular weight excluding hydrogens is 505 g/mol. The minimum absolute atomic E-state index is 0.0374. The monoisotopic (exact) mass is 519 g/mol. The van der Waals surface area contributed by atoms with Gasteiger partial charge in [0.05, 0.1) is 22.7 Å². The third kappa shape index (κ3) is 5.61. The van der Waals surface area contributed by atoms with Gasteiger partial charge in [0, 0.05) is 11.6 Å². The van der Waals surface area contributed by atoms with Gasteiger partial charge in [-0.25, -0.2) is 4.79 Å². The van der Waals surface area contributed by atoms with Gasteiger partial charge in [0.2, 0.25) is 5.91 Å². The summed E-state index contributed by atoms with van der Waals surface area (Å²) in [5.41, 5.74) is 1.35. The normalized spacial score (nSPS) is 10.6. The van der Waals surface area contributed by atoms with Crippen LogP contribution >= 0.6 is 46.8 Å². The molecule has 0 saturated carbocycles. The topological polar surface area (TPSA) is 104 Å². The number of esters is 1. The zero-order chi connectivity index (χ0) is 24.1. The number of nitrogens with one attached hydrogen (secondary N) is 2. The number of carbonyl (C=O) groups is 2. The number of hydrogen-bond acceptors (Lipinski definition) is 7. The number of hydrogen-bond donors (Lipinski definition) is 2. The Morgan fingerprint density at radius 3 is 2.73 bits per heavy atom. The summed E-state index contributed by atoms with van der Waals surface area (Å²) in [4.78, 5) is 24.4. The first-order valence-corrected chi connectivity index (χ1v) is 11.2. The number of furan rings is 1. The number of ether oxygens (including phenoxy) is 1. The van der Waals surface area contributed by atoms with Crippen LogP contribution in [0.15, 0.2) is 40.8 Å².